The Morgan fingerprint density at radius 1 is 1.00 bits per heavy atom. The molecule has 40 heavy (non-hydrogen) atoms. The van der Waals surface area contributed by atoms with Crippen LogP contribution >= 0.6 is 0 Å². The predicted molar refractivity (Wildman–Crippen MR) is 149 cm³/mol. The van der Waals surface area contributed by atoms with E-state index in [1.54, 1.807) is 13.8 Å². The molecule has 0 aliphatic heterocycles. The van der Waals surface area contributed by atoms with Crippen LogP contribution < -0.4 is 15.4 Å². The third kappa shape index (κ3) is 7.68. The fraction of sp³-hybridized carbons (Fsp3) is 0.400. The first-order valence-electron chi connectivity index (χ1n) is 13.2. The Morgan fingerprint density at radius 2 is 1.68 bits per heavy atom. The van der Waals surface area contributed by atoms with Gasteiger partial charge in [0.05, 0.1) is 6.42 Å². The molecule has 0 aliphatic carbocycles. The van der Waals surface area contributed by atoms with Gasteiger partial charge in [-0.1, -0.05) is 39.8 Å². The van der Waals surface area contributed by atoms with E-state index in [0.29, 0.717) is 12.1 Å². The van der Waals surface area contributed by atoms with Gasteiger partial charge in [-0.15, -0.1) is 0 Å². The lowest BCUT2D eigenvalue weighted by molar-refractivity contribution is -0.140. The van der Waals surface area contributed by atoms with Gasteiger partial charge >= 0.3 is 5.97 Å². The zero-order valence-electron chi connectivity index (χ0n) is 23.3. The van der Waals surface area contributed by atoms with Crippen molar-refractivity contribution in [2.24, 2.45) is 11.8 Å². The van der Waals surface area contributed by atoms with Crippen LogP contribution in [0.1, 0.15) is 55.7 Å². The number of carbonyl (C=O) groups excluding carboxylic acids is 3. The molecule has 0 fully saturated rings. The van der Waals surface area contributed by atoms with Crippen molar-refractivity contribution < 1.29 is 33.4 Å². The smallest absolute Gasteiger partial charge is 0.305 e. The minimum absolute atomic E-state index is 0.216. The minimum Gasteiger partial charge on any atom is -0.486 e. The highest BCUT2D eigenvalue weighted by Crippen LogP contribution is 2.28. The first-order valence-corrected chi connectivity index (χ1v) is 13.2. The minimum atomic E-state index is -1.39. The molecule has 0 aliphatic rings. The molecular formula is C30H36FN3O6. The van der Waals surface area contributed by atoms with Gasteiger partial charge in [0, 0.05) is 10.9 Å². The van der Waals surface area contributed by atoms with Gasteiger partial charge in [0.2, 0.25) is 5.91 Å². The van der Waals surface area contributed by atoms with E-state index in [1.165, 1.54) is 12.1 Å². The van der Waals surface area contributed by atoms with Crippen LogP contribution in [0.5, 0.6) is 5.75 Å². The molecule has 2 amide bonds. The second-order valence-corrected chi connectivity index (χ2v) is 10.6. The number of carboxylic acid groups (broad SMARTS) is 1. The summed E-state index contributed by atoms with van der Waals surface area (Å²) in [5.74, 6) is -3.50. The summed E-state index contributed by atoms with van der Waals surface area (Å²) in [6.07, 6.45) is -0.0225. The predicted octanol–water partition coefficient (Wildman–Crippen LogP) is 4.18. The number of Topliss-reactive ketones (excluding diaryl/α,β-unsaturated/α-hetero) is 1. The quantitative estimate of drug-likeness (QED) is 0.251. The number of carbonyl (C=O) groups is 4. The zero-order chi connectivity index (χ0) is 29.6. The number of ether oxygens (including phenoxy) is 1. The number of amides is 2. The lowest BCUT2D eigenvalue weighted by Crippen LogP contribution is -2.54. The molecule has 1 heterocycles. The number of aryl methyl sites for hydroxylation is 1. The Bertz CT molecular complexity index is 1380. The number of benzene rings is 2. The van der Waals surface area contributed by atoms with E-state index in [0.717, 1.165) is 34.2 Å². The van der Waals surface area contributed by atoms with E-state index >= 15 is 0 Å². The van der Waals surface area contributed by atoms with Crippen LogP contribution in [0.4, 0.5) is 4.39 Å². The topological polar surface area (TPSA) is 138 Å². The third-order valence-electron chi connectivity index (χ3n) is 6.49. The fourth-order valence-electron chi connectivity index (χ4n) is 4.53. The van der Waals surface area contributed by atoms with E-state index in [-0.39, 0.29) is 17.6 Å². The van der Waals surface area contributed by atoms with Crippen LogP contribution in [0.25, 0.3) is 10.9 Å². The summed E-state index contributed by atoms with van der Waals surface area (Å²) in [5, 5.41) is 15.6. The number of nitrogens with one attached hydrogen (secondary N) is 3. The van der Waals surface area contributed by atoms with Crippen molar-refractivity contribution in [1.29, 1.82) is 0 Å². The molecule has 9 nitrogen and oxygen atoms in total. The highest BCUT2D eigenvalue weighted by Gasteiger charge is 2.31. The largest absolute Gasteiger partial charge is 0.486 e. The zero-order valence-corrected chi connectivity index (χ0v) is 23.3. The summed E-state index contributed by atoms with van der Waals surface area (Å²) in [4.78, 5) is 54.2. The number of aromatic amines is 1. The van der Waals surface area contributed by atoms with Crippen LogP contribution in [0.2, 0.25) is 0 Å². The maximum absolute atomic E-state index is 13.5. The lowest BCUT2D eigenvalue weighted by Gasteiger charge is -2.24. The second kappa shape index (κ2) is 13.2. The Hall–Kier alpha value is -4.21. The molecule has 2 aromatic carbocycles. The Balaban J connectivity index is 1.79. The number of carboxylic acids is 1. The van der Waals surface area contributed by atoms with Crippen molar-refractivity contribution >= 4 is 34.5 Å². The SMILES string of the molecule is Cc1cccc2[nH]c(C(=O)N[C@H](C(=O)NC(CC(=O)O)C(=O)COc3ccc(F)cc3)C(C)C)c(CC(C)C)c12. The summed E-state index contributed by atoms with van der Waals surface area (Å²) < 4.78 is 18.5. The summed E-state index contributed by atoms with van der Waals surface area (Å²) in [6.45, 7) is 9.03. The molecule has 0 spiro atoms. The molecule has 0 saturated heterocycles. The van der Waals surface area contributed by atoms with Crippen LogP contribution in [-0.2, 0) is 20.8 Å². The number of aromatic nitrogens is 1. The number of hydrogen-bond acceptors (Lipinski definition) is 5. The van der Waals surface area contributed by atoms with Crippen molar-refractivity contribution in [3.8, 4) is 5.75 Å². The van der Waals surface area contributed by atoms with Gasteiger partial charge in [0.25, 0.3) is 5.91 Å². The van der Waals surface area contributed by atoms with Crippen LogP contribution in [0.15, 0.2) is 42.5 Å². The summed E-state index contributed by atoms with van der Waals surface area (Å²) in [6, 6.07) is 8.31. The van der Waals surface area contributed by atoms with Crippen molar-refractivity contribution in [2.45, 2.75) is 59.5 Å². The van der Waals surface area contributed by atoms with Crippen molar-refractivity contribution in [3.05, 3.63) is 65.1 Å². The molecular weight excluding hydrogens is 517 g/mol. The van der Waals surface area contributed by atoms with Gasteiger partial charge in [0.15, 0.2) is 5.78 Å². The molecule has 0 saturated carbocycles. The average Bonchev–Trinajstić information content (AvgIpc) is 3.24. The number of halogens is 1. The molecule has 0 radical (unpaired) electrons. The fourth-order valence-corrected chi connectivity index (χ4v) is 4.53. The lowest BCUT2D eigenvalue weighted by atomic mass is 9.96. The Morgan fingerprint density at radius 3 is 2.27 bits per heavy atom. The number of aliphatic carboxylic acids is 1. The summed E-state index contributed by atoms with van der Waals surface area (Å²) >= 11 is 0. The van der Waals surface area contributed by atoms with Gasteiger partial charge in [-0.25, -0.2) is 4.39 Å². The summed E-state index contributed by atoms with van der Waals surface area (Å²) in [5.41, 5.74) is 3.07. The maximum Gasteiger partial charge on any atom is 0.305 e. The normalized spacial score (nSPS) is 12.8. The van der Waals surface area contributed by atoms with Gasteiger partial charge in [0.1, 0.15) is 36.0 Å². The molecule has 0 bridgehead atoms. The highest BCUT2D eigenvalue weighted by atomic mass is 19.1. The van der Waals surface area contributed by atoms with E-state index in [1.807, 2.05) is 25.1 Å². The molecule has 1 aromatic heterocycles. The van der Waals surface area contributed by atoms with E-state index < -0.39 is 54.5 Å². The molecule has 214 valence electrons. The number of fused-ring (bicyclic) bond motifs is 1. The first-order chi connectivity index (χ1) is 18.9. The van der Waals surface area contributed by atoms with Gasteiger partial charge in [-0.2, -0.15) is 0 Å². The third-order valence-corrected chi connectivity index (χ3v) is 6.49. The average molecular weight is 554 g/mol. The Kier molecular flexibility index (Phi) is 10.0. The van der Waals surface area contributed by atoms with Crippen molar-refractivity contribution in [1.82, 2.24) is 15.6 Å². The molecule has 2 atom stereocenters. The van der Waals surface area contributed by atoms with Gasteiger partial charge in [-0.05, 0) is 66.6 Å². The number of ketones is 1. The van der Waals surface area contributed by atoms with Crippen LogP contribution in [0.3, 0.4) is 0 Å². The molecule has 10 heteroatoms. The van der Waals surface area contributed by atoms with Gasteiger partial charge in [-0.3, -0.25) is 19.2 Å². The van der Waals surface area contributed by atoms with Gasteiger partial charge < -0.3 is 25.5 Å². The number of hydrogen-bond donors (Lipinski definition) is 4. The second-order valence-electron chi connectivity index (χ2n) is 10.6. The highest BCUT2D eigenvalue weighted by molar-refractivity contribution is 6.04. The maximum atomic E-state index is 13.5. The first kappa shape index (κ1) is 30.3. The number of H-pyrrole nitrogens is 1. The van der Waals surface area contributed by atoms with Crippen LogP contribution in [0, 0.1) is 24.6 Å². The molecule has 3 rings (SSSR count). The summed E-state index contributed by atoms with van der Waals surface area (Å²) in [7, 11) is 0. The molecule has 4 N–H and O–H groups in total. The number of rotatable bonds is 13. The van der Waals surface area contributed by atoms with Crippen LogP contribution in [-0.4, -0.2) is 52.3 Å². The van der Waals surface area contributed by atoms with Crippen molar-refractivity contribution in [2.75, 3.05) is 6.61 Å². The molecule has 3 aromatic rings. The van der Waals surface area contributed by atoms with Crippen molar-refractivity contribution in [3.63, 3.8) is 0 Å². The molecule has 1 unspecified atom stereocenters. The standard InChI is InChI=1S/C30H36FN3O6/c1-16(2)13-21-26-18(5)7-6-8-22(26)32-28(21)30(39)34-27(17(3)4)29(38)33-23(14-25(36)37)24(35)15-40-20-11-9-19(31)10-12-20/h6-12,16-17,23,27,32H,13-15H2,1-5H3,(H,33,38)(H,34,39)(H,36,37)/t23?,27-/m0/s1. The van der Waals surface area contributed by atoms with E-state index in [2.05, 4.69) is 29.5 Å². The van der Waals surface area contributed by atoms with E-state index in [9.17, 15) is 28.7 Å². The Labute approximate surface area is 232 Å². The van der Waals surface area contributed by atoms with E-state index in [4.69, 9.17) is 4.74 Å². The monoisotopic (exact) mass is 553 g/mol.